The molecule has 8 nitrogen and oxygen atoms in total. The Morgan fingerprint density at radius 2 is 0.380 bits per heavy atom. The SMILES string of the molecule is c1ccc(N(c2ccccc2)c2ccc3c(c2)c2cc(N(c4ccccc4)c4ccccc4)ccc2n3-c2ccc(-c3nc4ccccc4nc3-c3ccc(-n4c5ccc(N(c6ccccc6)c6ccccc6)cc5c5cc(N(c6ccccc6)c6ccccc6)ccc54)cc3)cc2)cc1. The maximum absolute atomic E-state index is 5.46. The minimum atomic E-state index is 0.804. The Balaban J connectivity index is 0.761. The van der Waals surface area contributed by atoms with Crippen LogP contribution in [0, 0.1) is 0 Å². The van der Waals surface area contributed by atoms with E-state index in [4.69, 9.17) is 9.97 Å². The molecule has 0 amide bonds. The van der Waals surface area contributed by atoms with Crippen LogP contribution in [0.2, 0.25) is 0 Å². The average molecular weight is 1280 g/mol. The lowest BCUT2D eigenvalue weighted by Crippen LogP contribution is -2.09. The van der Waals surface area contributed by atoms with Gasteiger partial charge in [0.05, 0.1) is 44.5 Å². The highest BCUT2D eigenvalue weighted by atomic mass is 15.2. The monoisotopic (exact) mass is 1280 g/mol. The fourth-order valence-corrected chi connectivity index (χ4v) is 14.5. The summed E-state index contributed by atoms with van der Waals surface area (Å²) >= 11 is 0. The van der Waals surface area contributed by atoms with Gasteiger partial charge >= 0.3 is 0 Å². The van der Waals surface area contributed by atoms with Crippen molar-refractivity contribution in [3.05, 3.63) is 388 Å². The largest absolute Gasteiger partial charge is 0.310 e. The zero-order valence-electron chi connectivity index (χ0n) is 54.5. The van der Waals surface area contributed by atoms with Crippen molar-refractivity contribution < 1.29 is 0 Å². The molecule has 0 bridgehead atoms. The van der Waals surface area contributed by atoms with Gasteiger partial charge in [0, 0.05) is 112 Å². The highest BCUT2D eigenvalue weighted by Crippen LogP contribution is 2.46. The number of para-hydroxylation sites is 10. The summed E-state index contributed by atoms with van der Waals surface area (Å²) in [5.41, 5.74) is 24.5. The van der Waals surface area contributed by atoms with Gasteiger partial charge in [0.25, 0.3) is 0 Å². The summed E-state index contributed by atoms with van der Waals surface area (Å²) in [6, 6.07) is 139. The van der Waals surface area contributed by atoms with Gasteiger partial charge in [-0.25, -0.2) is 9.97 Å². The predicted octanol–water partition coefficient (Wildman–Crippen LogP) is 25.0. The van der Waals surface area contributed by atoms with E-state index >= 15 is 0 Å². The van der Waals surface area contributed by atoms with E-state index in [9.17, 15) is 0 Å². The van der Waals surface area contributed by atoms with Gasteiger partial charge < -0.3 is 28.7 Å². The van der Waals surface area contributed by atoms with Gasteiger partial charge in [0.1, 0.15) is 0 Å². The number of rotatable bonds is 16. The van der Waals surface area contributed by atoms with Crippen LogP contribution in [0.5, 0.6) is 0 Å². The number of benzene rings is 15. The summed E-state index contributed by atoms with van der Waals surface area (Å²) in [5, 5.41) is 4.53. The van der Waals surface area contributed by atoms with Crippen LogP contribution in [-0.2, 0) is 0 Å². The molecule has 3 aromatic heterocycles. The summed E-state index contributed by atoms with van der Waals surface area (Å²) in [4.78, 5) is 20.3. The second-order valence-electron chi connectivity index (χ2n) is 25.0. The molecule has 0 aliphatic carbocycles. The molecule has 0 saturated heterocycles. The molecule has 0 saturated carbocycles. The first kappa shape index (κ1) is 59.0. The summed E-state index contributed by atoms with van der Waals surface area (Å²) in [6.45, 7) is 0. The maximum Gasteiger partial charge on any atom is 0.0973 e. The van der Waals surface area contributed by atoms with Crippen LogP contribution in [0.3, 0.4) is 0 Å². The van der Waals surface area contributed by atoms with E-state index in [2.05, 4.69) is 405 Å². The third-order valence-electron chi connectivity index (χ3n) is 19.0. The maximum atomic E-state index is 5.46. The molecule has 472 valence electrons. The van der Waals surface area contributed by atoms with Crippen molar-refractivity contribution >= 4 is 123 Å². The Morgan fingerprint density at radius 1 is 0.180 bits per heavy atom. The molecule has 15 aromatic carbocycles. The second kappa shape index (κ2) is 25.5. The van der Waals surface area contributed by atoms with Crippen LogP contribution < -0.4 is 19.6 Å². The van der Waals surface area contributed by atoms with Gasteiger partial charge in [-0.3, -0.25) is 0 Å². The molecule has 0 atom stereocenters. The van der Waals surface area contributed by atoms with E-state index in [0.717, 1.165) is 157 Å². The smallest absolute Gasteiger partial charge is 0.0973 e. The van der Waals surface area contributed by atoms with Crippen LogP contribution in [0.15, 0.2) is 388 Å². The Kier molecular flexibility index (Phi) is 15.1. The third kappa shape index (κ3) is 10.8. The van der Waals surface area contributed by atoms with Crippen molar-refractivity contribution in [1.29, 1.82) is 0 Å². The normalized spacial score (nSPS) is 11.4. The lowest BCUT2D eigenvalue weighted by atomic mass is 10.0. The lowest BCUT2D eigenvalue weighted by molar-refractivity contribution is 1.17. The summed E-state index contributed by atoms with van der Waals surface area (Å²) in [5.74, 6) is 0. The summed E-state index contributed by atoms with van der Waals surface area (Å²) in [7, 11) is 0. The fourth-order valence-electron chi connectivity index (χ4n) is 14.5. The number of hydrogen-bond donors (Lipinski definition) is 0. The van der Waals surface area contributed by atoms with Crippen LogP contribution in [0.4, 0.5) is 68.2 Å². The van der Waals surface area contributed by atoms with Crippen molar-refractivity contribution in [2.45, 2.75) is 0 Å². The van der Waals surface area contributed by atoms with E-state index in [0.29, 0.717) is 0 Å². The van der Waals surface area contributed by atoms with Gasteiger partial charge in [-0.15, -0.1) is 0 Å². The van der Waals surface area contributed by atoms with Crippen molar-refractivity contribution in [2.24, 2.45) is 0 Å². The van der Waals surface area contributed by atoms with Gasteiger partial charge in [-0.1, -0.05) is 182 Å². The molecule has 3 heterocycles. The summed E-state index contributed by atoms with van der Waals surface area (Å²) in [6.07, 6.45) is 0. The molecule has 100 heavy (non-hydrogen) atoms. The van der Waals surface area contributed by atoms with E-state index < -0.39 is 0 Å². The number of fused-ring (bicyclic) bond motifs is 7. The van der Waals surface area contributed by atoms with E-state index in [1.807, 2.05) is 12.1 Å². The molecule has 0 spiro atoms. The number of nitrogens with zero attached hydrogens (tertiary/aromatic N) is 8. The molecular formula is C92H64N8. The van der Waals surface area contributed by atoms with Crippen molar-refractivity contribution in [1.82, 2.24) is 19.1 Å². The zero-order valence-corrected chi connectivity index (χ0v) is 54.5. The van der Waals surface area contributed by atoms with Crippen LogP contribution >= 0.6 is 0 Å². The van der Waals surface area contributed by atoms with E-state index in [1.54, 1.807) is 0 Å². The molecule has 18 rings (SSSR count). The first-order chi connectivity index (χ1) is 49.6. The standard InChI is InChI=1S/C92H64N8/c1-9-27-67(28-10-1)95(68-29-11-2-12-30-68)77-53-57-87-81(61-77)82-62-78(96(69-31-13-3-14-32-69)70-33-15-4-16-34-70)54-58-88(82)99(87)75-49-45-65(46-50-75)91-92(94-86-44-26-25-43-85(86)93-91)66-47-51-76(52-48-66)100-89-59-55-79(97(71-35-17-5-18-36-71)72-37-19-6-20-38-72)63-83(89)84-64-80(56-60-90(84)100)98(73-39-21-7-22-40-73)74-41-23-8-24-42-74/h1-64H. The van der Waals surface area contributed by atoms with Gasteiger partial charge in [-0.2, -0.15) is 0 Å². The van der Waals surface area contributed by atoms with Crippen molar-refractivity contribution in [3.8, 4) is 33.9 Å². The number of anilines is 12. The molecule has 8 heteroatoms. The van der Waals surface area contributed by atoms with Crippen LogP contribution in [0.25, 0.3) is 88.5 Å². The minimum Gasteiger partial charge on any atom is -0.310 e. The van der Waals surface area contributed by atoms with Gasteiger partial charge in [0.2, 0.25) is 0 Å². The number of hydrogen-bond acceptors (Lipinski definition) is 6. The van der Waals surface area contributed by atoms with Crippen molar-refractivity contribution in [2.75, 3.05) is 19.6 Å². The highest BCUT2D eigenvalue weighted by Gasteiger charge is 2.24. The molecule has 0 aliphatic rings. The Morgan fingerprint density at radius 3 is 0.590 bits per heavy atom. The van der Waals surface area contributed by atoms with Crippen molar-refractivity contribution in [3.63, 3.8) is 0 Å². The molecule has 0 fully saturated rings. The van der Waals surface area contributed by atoms with E-state index in [-0.39, 0.29) is 0 Å². The minimum absolute atomic E-state index is 0.804. The number of aromatic nitrogens is 4. The molecule has 0 N–H and O–H groups in total. The molecule has 0 aliphatic heterocycles. The van der Waals surface area contributed by atoms with Crippen LogP contribution in [0.1, 0.15) is 0 Å². The van der Waals surface area contributed by atoms with Crippen LogP contribution in [-0.4, -0.2) is 19.1 Å². The van der Waals surface area contributed by atoms with E-state index in [1.165, 1.54) is 0 Å². The first-order valence-electron chi connectivity index (χ1n) is 33.9. The molecular weight excluding hydrogens is 1220 g/mol. The topological polar surface area (TPSA) is 48.6 Å². The molecule has 0 radical (unpaired) electrons. The zero-order chi connectivity index (χ0) is 66.3. The Hall–Kier alpha value is -13.6. The lowest BCUT2D eigenvalue weighted by Gasteiger charge is -2.26. The van der Waals surface area contributed by atoms with Gasteiger partial charge in [0.15, 0.2) is 0 Å². The average Bonchev–Trinajstić information content (AvgIpc) is 1.58. The fraction of sp³-hybridized carbons (Fsp3) is 0. The second-order valence-corrected chi connectivity index (χ2v) is 25.0. The molecule has 18 aromatic rings. The highest BCUT2D eigenvalue weighted by molar-refractivity contribution is 6.14. The Bertz CT molecular complexity index is 5130. The third-order valence-corrected chi connectivity index (χ3v) is 19.0. The summed E-state index contributed by atoms with van der Waals surface area (Å²) < 4.78 is 4.81. The van der Waals surface area contributed by atoms with Gasteiger partial charge in [-0.05, 0) is 206 Å². The first-order valence-corrected chi connectivity index (χ1v) is 33.9. The quantitative estimate of drug-likeness (QED) is 0.0961. The Labute approximate surface area is 580 Å². The molecule has 0 unspecified atom stereocenters. The predicted molar refractivity (Wildman–Crippen MR) is 418 cm³/mol.